The first-order chi connectivity index (χ1) is 9.34. The van der Waals surface area contributed by atoms with Gasteiger partial charge in [-0.15, -0.1) is 0 Å². The number of nitrogens with one attached hydrogen (secondary N) is 2. The van der Waals surface area contributed by atoms with Crippen LogP contribution in [0.25, 0.3) is 0 Å². The second kappa shape index (κ2) is 7.43. The molecule has 0 spiro atoms. The summed E-state index contributed by atoms with van der Waals surface area (Å²) in [5.41, 5.74) is 2.36. The second-order valence-electron chi connectivity index (χ2n) is 6.20. The van der Waals surface area contributed by atoms with Crippen LogP contribution in [0.3, 0.4) is 0 Å². The van der Waals surface area contributed by atoms with E-state index in [1.807, 2.05) is 17.9 Å². The molecule has 0 bridgehead atoms. The van der Waals surface area contributed by atoms with Gasteiger partial charge in [-0.3, -0.25) is 9.48 Å². The maximum atomic E-state index is 11.5. The highest BCUT2D eigenvalue weighted by molar-refractivity contribution is 5.75. The van der Waals surface area contributed by atoms with E-state index in [0.29, 0.717) is 13.0 Å². The van der Waals surface area contributed by atoms with E-state index in [1.165, 1.54) is 5.56 Å². The highest BCUT2D eigenvalue weighted by Crippen LogP contribution is 2.23. The Hall–Kier alpha value is -1.36. The van der Waals surface area contributed by atoms with Gasteiger partial charge in [0.15, 0.2) is 0 Å². The third kappa shape index (κ3) is 5.33. The monoisotopic (exact) mass is 280 g/mol. The molecule has 1 rings (SSSR count). The molecule has 0 saturated carbocycles. The van der Waals surface area contributed by atoms with Crippen molar-refractivity contribution in [1.82, 2.24) is 20.4 Å². The number of nitrogens with zero attached hydrogens (tertiary/aromatic N) is 2. The average molecular weight is 280 g/mol. The predicted octanol–water partition coefficient (Wildman–Crippen LogP) is 1.72. The topological polar surface area (TPSA) is 59.0 Å². The Morgan fingerprint density at radius 1 is 1.35 bits per heavy atom. The zero-order chi connectivity index (χ0) is 15.2. The summed E-state index contributed by atoms with van der Waals surface area (Å²) >= 11 is 0. The lowest BCUT2D eigenvalue weighted by Gasteiger charge is -2.17. The zero-order valence-corrected chi connectivity index (χ0v) is 13.4. The summed E-state index contributed by atoms with van der Waals surface area (Å²) in [6, 6.07) is 0. The molecule has 0 atom stereocenters. The maximum Gasteiger partial charge on any atom is 0.221 e. The Labute approximate surface area is 122 Å². The van der Waals surface area contributed by atoms with Gasteiger partial charge < -0.3 is 10.6 Å². The molecule has 1 amide bonds. The molecule has 1 aromatic rings. The van der Waals surface area contributed by atoms with Crippen LogP contribution in [-0.2, 0) is 23.8 Å². The van der Waals surface area contributed by atoms with Gasteiger partial charge in [-0.25, -0.2) is 0 Å². The Morgan fingerprint density at radius 3 is 2.65 bits per heavy atom. The molecule has 0 fully saturated rings. The molecule has 5 heteroatoms. The van der Waals surface area contributed by atoms with Gasteiger partial charge in [0.1, 0.15) is 0 Å². The first kappa shape index (κ1) is 16.7. The van der Waals surface area contributed by atoms with Crippen molar-refractivity contribution in [3.63, 3.8) is 0 Å². The smallest absolute Gasteiger partial charge is 0.221 e. The normalized spacial score (nSPS) is 11.7. The summed E-state index contributed by atoms with van der Waals surface area (Å²) in [5, 5.41) is 10.7. The van der Waals surface area contributed by atoms with Crippen LogP contribution in [0.2, 0.25) is 0 Å². The van der Waals surface area contributed by atoms with Gasteiger partial charge in [-0.05, 0) is 6.42 Å². The summed E-state index contributed by atoms with van der Waals surface area (Å²) in [5.74, 6) is 0.113. The lowest BCUT2D eigenvalue weighted by Crippen LogP contribution is -2.28. The number of hydrogen-bond donors (Lipinski definition) is 2. The van der Waals surface area contributed by atoms with Crippen LogP contribution in [0.5, 0.6) is 0 Å². The lowest BCUT2D eigenvalue weighted by atomic mass is 9.89. The summed E-state index contributed by atoms with van der Waals surface area (Å²) in [4.78, 5) is 11.5. The molecule has 20 heavy (non-hydrogen) atoms. The van der Waals surface area contributed by atoms with Crippen LogP contribution >= 0.6 is 0 Å². The minimum absolute atomic E-state index is 0.0385. The van der Waals surface area contributed by atoms with Crippen LogP contribution in [0, 0.1) is 0 Å². The molecule has 0 aromatic carbocycles. The largest absolute Gasteiger partial charge is 0.356 e. The fourth-order valence-electron chi connectivity index (χ4n) is 2.08. The van der Waals surface area contributed by atoms with Crippen molar-refractivity contribution in [2.75, 3.05) is 13.1 Å². The van der Waals surface area contributed by atoms with Crippen molar-refractivity contribution in [1.29, 1.82) is 0 Å². The van der Waals surface area contributed by atoms with E-state index in [1.54, 1.807) is 0 Å². The van der Waals surface area contributed by atoms with Crippen molar-refractivity contribution < 1.29 is 4.79 Å². The highest BCUT2D eigenvalue weighted by Gasteiger charge is 2.21. The van der Waals surface area contributed by atoms with Crippen LogP contribution in [-0.4, -0.2) is 28.8 Å². The number of aromatic nitrogens is 2. The molecule has 0 aliphatic heterocycles. The molecule has 0 unspecified atom stereocenters. The Bertz CT molecular complexity index is 432. The van der Waals surface area contributed by atoms with Crippen LogP contribution in [0.15, 0.2) is 6.20 Å². The molecule has 114 valence electrons. The molecular weight excluding hydrogens is 252 g/mol. The van der Waals surface area contributed by atoms with Crippen molar-refractivity contribution in [2.24, 2.45) is 7.05 Å². The van der Waals surface area contributed by atoms with Gasteiger partial charge in [-0.1, -0.05) is 27.7 Å². The minimum Gasteiger partial charge on any atom is -0.356 e. The van der Waals surface area contributed by atoms with Crippen molar-refractivity contribution in [3.05, 3.63) is 17.5 Å². The number of aryl methyl sites for hydroxylation is 1. The highest BCUT2D eigenvalue weighted by atomic mass is 16.1. The fourth-order valence-corrected chi connectivity index (χ4v) is 2.08. The first-order valence-corrected chi connectivity index (χ1v) is 7.35. The van der Waals surface area contributed by atoms with Crippen molar-refractivity contribution >= 4 is 5.91 Å². The number of carbonyl (C=O) groups is 1. The maximum absolute atomic E-state index is 11.5. The summed E-state index contributed by atoms with van der Waals surface area (Å²) < 4.78 is 1.85. The van der Waals surface area contributed by atoms with Crippen LogP contribution in [0.4, 0.5) is 0 Å². The quantitative estimate of drug-likeness (QED) is 0.748. The Morgan fingerprint density at radius 2 is 2.05 bits per heavy atom. The standard InChI is InChI=1S/C15H28N4O/c1-6-8-17-13(20)7-9-16-10-12-11-19(5)18-14(12)15(2,3)4/h11,16H,6-10H2,1-5H3,(H,17,20). The number of hydrogen-bond acceptors (Lipinski definition) is 3. The Balaban J connectivity index is 2.41. The Kier molecular flexibility index (Phi) is 6.20. The SMILES string of the molecule is CCCNC(=O)CCNCc1cn(C)nc1C(C)(C)C. The average Bonchev–Trinajstić information content (AvgIpc) is 2.73. The van der Waals surface area contributed by atoms with Gasteiger partial charge in [-0.2, -0.15) is 5.10 Å². The van der Waals surface area contributed by atoms with E-state index in [9.17, 15) is 4.79 Å². The van der Waals surface area contributed by atoms with Crippen LogP contribution in [0.1, 0.15) is 51.8 Å². The molecule has 0 aliphatic rings. The van der Waals surface area contributed by atoms with Gasteiger partial charge >= 0.3 is 0 Å². The summed E-state index contributed by atoms with van der Waals surface area (Å²) in [6.45, 7) is 10.7. The summed E-state index contributed by atoms with van der Waals surface area (Å²) in [6.07, 6.45) is 3.54. The van der Waals surface area contributed by atoms with E-state index in [0.717, 1.165) is 25.2 Å². The minimum atomic E-state index is 0.0385. The molecule has 2 N–H and O–H groups in total. The number of amides is 1. The van der Waals surface area contributed by atoms with Gasteiger partial charge in [0.25, 0.3) is 0 Å². The molecular formula is C15H28N4O. The van der Waals surface area contributed by atoms with Gasteiger partial charge in [0.05, 0.1) is 5.69 Å². The third-order valence-electron chi connectivity index (χ3n) is 3.03. The molecule has 0 aliphatic carbocycles. The number of carbonyl (C=O) groups excluding carboxylic acids is 1. The van der Waals surface area contributed by atoms with E-state index in [-0.39, 0.29) is 11.3 Å². The second-order valence-corrected chi connectivity index (χ2v) is 6.20. The van der Waals surface area contributed by atoms with Crippen LogP contribution < -0.4 is 10.6 Å². The van der Waals surface area contributed by atoms with E-state index in [4.69, 9.17) is 0 Å². The van der Waals surface area contributed by atoms with E-state index in [2.05, 4.69) is 43.4 Å². The zero-order valence-electron chi connectivity index (χ0n) is 13.4. The fraction of sp³-hybridized carbons (Fsp3) is 0.733. The third-order valence-corrected chi connectivity index (χ3v) is 3.03. The summed E-state index contributed by atoms with van der Waals surface area (Å²) in [7, 11) is 1.94. The predicted molar refractivity (Wildman–Crippen MR) is 81.5 cm³/mol. The van der Waals surface area contributed by atoms with Gasteiger partial charge in [0.2, 0.25) is 5.91 Å². The lowest BCUT2D eigenvalue weighted by molar-refractivity contribution is -0.120. The number of rotatable bonds is 7. The molecule has 5 nitrogen and oxygen atoms in total. The molecule has 1 aromatic heterocycles. The van der Waals surface area contributed by atoms with E-state index < -0.39 is 0 Å². The van der Waals surface area contributed by atoms with E-state index >= 15 is 0 Å². The molecule has 0 radical (unpaired) electrons. The first-order valence-electron chi connectivity index (χ1n) is 7.35. The van der Waals surface area contributed by atoms with Crippen molar-refractivity contribution in [3.8, 4) is 0 Å². The molecule has 0 saturated heterocycles. The molecule has 1 heterocycles. The van der Waals surface area contributed by atoms with Crippen molar-refractivity contribution in [2.45, 2.75) is 52.5 Å². The van der Waals surface area contributed by atoms with Gasteiger partial charge in [0, 0.05) is 50.3 Å².